The minimum absolute atomic E-state index is 0.300. The molecule has 0 amide bonds. The standard InChI is InChI=1S/C5H10BNS/c1-7-2-3-8-4-5(7)6/h5H,2-4H2,1H3. The average molecular weight is 127 g/mol. The fourth-order valence-corrected chi connectivity index (χ4v) is 1.79. The van der Waals surface area contributed by atoms with Crippen LogP contribution in [0.3, 0.4) is 0 Å². The van der Waals surface area contributed by atoms with Crippen molar-refractivity contribution in [2.75, 3.05) is 25.1 Å². The SMILES string of the molecule is [B]C1CSCCN1C. The molecule has 0 spiro atoms. The first-order chi connectivity index (χ1) is 3.80. The van der Waals surface area contributed by atoms with Crippen LogP contribution in [0.25, 0.3) is 0 Å². The first-order valence-electron chi connectivity index (χ1n) is 2.84. The Labute approximate surface area is 56.2 Å². The number of hydrogen-bond donors (Lipinski definition) is 0. The Hall–Kier alpha value is 0.375. The van der Waals surface area contributed by atoms with Gasteiger partial charge in [-0.25, -0.2) is 0 Å². The number of rotatable bonds is 0. The molecule has 0 N–H and O–H groups in total. The second-order valence-corrected chi connectivity index (χ2v) is 3.27. The van der Waals surface area contributed by atoms with Crippen molar-refractivity contribution in [1.29, 1.82) is 0 Å². The first-order valence-corrected chi connectivity index (χ1v) is 4.00. The summed E-state index contributed by atoms with van der Waals surface area (Å²) in [5.74, 6) is 2.63. The predicted molar refractivity (Wildman–Crippen MR) is 39.5 cm³/mol. The zero-order valence-corrected chi connectivity index (χ0v) is 5.95. The Morgan fingerprint density at radius 1 is 1.75 bits per heavy atom. The fourth-order valence-electron chi connectivity index (χ4n) is 0.706. The van der Waals surface area contributed by atoms with E-state index in [1.54, 1.807) is 0 Å². The van der Waals surface area contributed by atoms with E-state index in [-0.39, 0.29) is 0 Å². The molecule has 3 heteroatoms. The summed E-state index contributed by atoms with van der Waals surface area (Å²) < 4.78 is 0. The predicted octanol–water partition coefficient (Wildman–Crippen LogP) is 0.160. The Morgan fingerprint density at radius 2 is 2.50 bits per heavy atom. The summed E-state index contributed by atoms with van der Waals surface area (Å²) in [6.45, 7) is 1.14. The van der Waals surface area contributed by atoms with E-state index in [9.17, 15) is 0 Å². The average Bonchev–Trinajstić information content (AvgIpc) is 1.77. The number of hydrogen-bond acceptors (Lipinski definition) is 2. The summed E-state index contributed by atoms with van der Waals surface area (Å²) in [5.41, 5.74) is 0. The van der Waals surface area contributed by atoms with Crippen molar-refractivity contribution in [3.63, 3.8) is 0 Å². The largest absolute Gasteiger partial charge is 0.311 e. The molecule has 1 rings (SSSR count). The van der Waals surface area contributed by atoms with Gasteiger partial charge in [0.25, 0.3) is 0 Å². The van der Waals surface area contributed by atoms with Crippen molar-refractivity contribution < 1.29 is 0 Å². The highest BCUT2D eigenvalue weighted by Crippen LogP contribution is 2.11. The minimum Gasteiger partial charge on any atom is -0.311 e. The molecule has 1 atom stereocenters. The normalized spacial score (nSPS) is 32.9. The van der Waals surface area contributed by atoms with Crippen LogP contribution in [0, 0.1) is 0 Å². The van der Waals surface area contributed by atoms with Crippen LogP contribution in [-0.4, -0.2) is 43.8 Å². The topological polar surface area (TPSA) is 3.24 Å². The summed E-state index contributed by atoms with van der Waals surface area (Å²) >= 11 is 1.94. The molecule has 1 aliphatic rings. The van der Waals surface area contributed by atoms with E-state index in [0.717, 1.165) is 12.3 Å². The van der Waals surface area contributed by atoms with Gasteiger partial charge in [-0.3, -0.25) is 0 Å². The third-order valence-corrected chi connectivity index (χ3v) is 2.49. The third kappa shape index (κ3) is 1.42. The molecule has 0 aromatic carbocycles. The molecule has 1 nitrogen and oxygen atoms in total. The summed E-state index contributed by atoms with van der Waals surface area (Å²) in [5, 5.41) is 0. The quantitative estimate of drug-likeness (QED) is 0.426. The Balaban J connectivity index is 2.28. The number of thioether (sulfide) groups is 1. The van der Waals surface area contributed by atoms with Gasteiger partial charge in [0, 0.05) is 18.1 Å². The van der Waals surface area contributed by atoms with E-state index in [0.29, 0.717) is 5.94 Å². The van der Waals surface area contributed by atoms with E-state index < -0.39 is 0 Å². The van der Waals surface area contributed by atoms with E-state index in [1.807, 2.05) is 11.8 Å². The zero-order chi connectivity index (χ0) is 5.98. The molecule has 1 heterocycles. The van der Waals surface area contributed by atoms with E-state index >= 15 is 0 Å². The van der Waals surface area contributed by atoms with Gasteiger partial charge in [0.05, 0.1) is 7.85 Å². The van der Waals surface area contributed by atoms with Crippen LogP contribution in [0.15, 0.2) is 0 Å². The summed E-state index contributed by atoms with van der Waals surface area (Å²) in [4.78, 5) is 2.19. The van der Waals surface area contributed by atoms with Crippen molar-refractivity contribution in [1.82, 2.24) is 4.90 Å². The molecule has 0 saturated carbocycles. The highest BCUT2D eigenvalue weighted by atomic mass is 32.2. The smallest absolute Gasteiger partial charge is 0.0921 e. The molecule has 1 unspecified atom stereocenters. The molecule has 0 aromatic rings. The Kier molecular flexibility index (Phi) is 2.26. The maximum atomic E-state index is 5.68. The van der Waals surface area contributed by atoms with Gasteiger partial charge in [-0.1, -0.05) is 0 Å². The van der Waals surface area contributed by atoms with Crippen LogP contribution in [0.5, 0.6) is 0 Å². The van der Waals surface area contributed by atoms with Gasteiger partial charge in [-0.2, -0.15) is 11.8 Å². The van der Waals surface area contributed by atoms with E-state index in [2.05, 4.69) is 11.9 Å². The highest BCUT2D eigenvalue weighted by molar-refractivity contribution is 7.99. The monoisotopic (exact) mass is 127 g/mol. The van der Waals surface area contributed by atoms with Crippen molar-refractivity contribution in [3.8, 4) is 0 Å². The zero-order valence-electron chi connectivity index (χ0n) is 5.13. The van der Waals surface area contributed by atoms with Gasteiger partial charge < -0.3 is 4.90 Å². The molecule has 1 aliphatic heterocycles. The lowest BCUT2D eigenvalue weighted by Gasteiger charge is -2.29. The summed E-state index contributed by atoms with van der Waals surface area (Å²) in [6.07, 6.45) is 0. The molecule has 0 aromatic heterocycles. The molecule has 1 fully saturated rings. The minimum atomic E-state index is 0.300. The fraction of sp³-hybridized carbons (Fsp3) is 1.00. The van der Waals surface area contributed by atoms with Crippen molar-refractivity contribution in [2.45, 2.75) is 5.94 Å². The van der Waals surface area contributed by atoms with Crippen LogP contribution < -0.4 is 0 Å². The van der Waals surface area contributed by atoms with Crippen LogP contribution in [-0.2, 0) is 0 Å². The van der Waals surface area contributed by atoms with Crippen LogP contribution in [0.2, 0.25) is 0 Å². The van der Waals surface area contributed by atoms with Crippen molar-refractivity contribution in [2.24, 2.45) is 0 Å². The molecule has 1 saturated heterocycles. The van der Waals surface area contributed by atoms with Gasteiger partial charge in [-0.05, 0) is 13.0 Å². The van der Waals surface area contributed by atoms with E-state index in [4.69, 9.17) is 7.85 Å². The lowest BCUT2D eigenvalue weighted by atomic mass is 9.97. The third-order valence-electron chi connectivity index (χ3n) is 1.44. The molecule has 44 valence electrons. The molecule has 8 heavy (non-hydrogen) atoms. The second kappa shape index (κ2) is 2.78. The van der Waals surface area contributed by atoms with Crippen LogP contribution in [0.4, 0.5) is 0 Å². The lowest BCUT2D eigenvalue weighted by Crippen LogP contribution is -2.39. The first kappa shape index (κ1) is 6.49. The Morgan fingerprint density at radius 3 is 2.88 bits per heavy atom. The summed E-state index contributed by atoms with van der Waals surface area (Å²) in [6, 6.07) is 0. The maximum absolute atomic E-state index is 5.68. The van der Waals surface area contributed by atoms with Crippen molar-refractivity contribution in [3.05, 3.63) is 0 Å². The Bertz CT molecular complexity index is 68.8. The van der Waals surface area contributed by atoms with Crippen molar-refractivity contribution >= 4 is 19.6 Å². The van der Waals surface area contributed by atoms with Gasteiger partial charge in [0.15, 0.2) is 0 Å². The molecule has 2 radical (unpaired) electrons. The highest BCUT2D eigenvalue weighted by Gasteiger charge is 2.12. The molecule has 0 aliphatic carbocycles. The molecular formula is C5H10BNS. The van der Waals surface area contributed by atoms with Gasteiger partial charge in [0.1, 0.15) is 0 Å². The second-order valence-electron chi connectivity index (χ2n) is 2.12. The van der Waals surface area contributed by atoms with Gasteiger partial charge in [-0.15, -0.1) is 0 Å². The van der Waals surface area contributed by atoms with E-state index in [1.165, 1.54) is 5.75 Å². The van der Waals surface area contributed by atoms with Crippen LogP contribution in [0.1, 0.15) is 0 Å². The van der Waals surface area contributed by atoms with Gasteiger partial charge in [0.2, 0.25) is 0 Å². The number of nitrogens with zero attached hydrogens (tertiary/aromatic N) is 1. The lowest BCUT2D eigenvalue weighted by molar-refractivity contribution is 0.339. The van der Waals surface area contributed by atoms with Crippen LogP contribution >= 0.6 is 11.8 Å². The molecular weight excluding hydrogens is 117 g/mol. The molecule has 0 bridgehead atoms. The maximum Gasteiger partial charge on any atom is 0.0921 e. The van der Waals surface area contributed by atoms with Gasteiger partial charge >= 0.3 is 0 Å². The summed E-state index contributed by atoms with van der Waals surface area (Å²) in [7, 11) is 7.76.